The maximum atomic E-state index is 11.6. The summed E-state index contributed by atoms with van der Waals surface area (Å²) in [5, 5.41) is 9.15. The second kappa shape index (κ2) is 6.43. The van der Waals surface area contributed by atoms with E-state index in [1.165, 1.54) is 0 Å². The number of aliphatic carboxylic acids is 1. The molecule has 0 spiro atoms. The van der Waals surface area contributed by atoms with Gasteiger partial charge in [0.2, 0.25) is 0 Å². The molecule has 0 saturated heterocycles. The lowest BCUT2D eigenvalue weighted by molar-refractivity contribution is -0.169. The van der Waals surface area contributed by atoms with Crippen molar-refractivity contribution < 1.29 is 19.4 Å². The minimum Gasteiger partial charge on any atom is -0.480 e. The van der Waals surface area contributed by atoms with E-state index in [1.807, 2.05) is 6.92 Å². The van der Waals surface area contributed by atoms with Gasteiger partial charge in [-0.25, -0.2) is 0 Å². The van der Waals surface area contributed by atoms with Crippen molar-refractivity contribution in [2.75, 3.05) is 6.61 Å². The van der Waals surface area contributed by atoms with Gasteiger partial charge in [-0.15, -0.1) is 0 Å². The Morgan fingerprint density at radius 1 is 1.27 bits per heavy atom. The van der Waals surface area contributed by atoms with Crippen LogP contribution < -0.4 is 0 Å². The Kier molecular flexibility index (Phi) is 5.97. The summed E-state index contributed by atoms with van der Waals surface area (Å²) in [6.45, 7) is 5.58. The van der Waals surface area contributed by atoms with Gasteiger partial charge in [-0.05, 0) is 19.8 Å². The predicted molar refractivity (Wildman–Crippen MR) is 56.5 cm³/mol. The molecule has 1 atom stereocenters. The van der Waals surface area contributed by atoms with E-state index in [0.29, 0.717) is 6.42 Å². The minimum absolute atomic E-state index is 0.222. The second-order valence-corrected chi connectivity index (χ2v) is 3.56. The highest BCUT2D eigenvalue weighted by molar-refractivity contribution is 5.99. The summed E-state index contributed by atoms with van der Waals surface area (Å²) < 4.78 is 4.84. The standard InChI is InChI=1S/C11H20O4/c1-4-7-8-11(5-2,9(12)13)10(14)15-6-3/h4-8H2,1-3H3,(H,12,13). The molecule has 4 nitrogen and oxygen atoms in total. The molecule has 0 aromatic heterocycles. The monoisotopic (exact) mass is 216 g/mol. The number of hydrogen-bond acceptors (Lipinski definition) is 3. The number of carbonyl (C=O) groups excluding carboxylic acids is 1. The van der Waals surface area contributed by atoms with Gasteiger partial charge >= 0.3 is 11.9 Å². The molecule has 0 bridgehead atoms. The molecule has 0 fully saturated rings. The summed E-state index contributed by atoms with van der Waals surface area (Å²) in [5.74, 6) is -1.68. The zero-order valence-electron chi connectivity index (χ0n) is 9.71. The Morgan fingerprint density at radius 3 is 2.20 bits per heavy atom. The van der Waals surface area contributed by atoms with Gasteiger partial charge in [0.25, 0.3) is 0 Å². The van der Waals surface area contributed by atoms with Crippen LogP contribution in [0.5, 0.6) is 0 Å². The number of carboxylic acid groups (broad SMARTS) is 1. The molecule has 0 amide bonds. The molecular weight excluding hydrogens is 196 g/mol. The van der Waals surface area contributed by atoms with Gasteiger partial charge in [-0.3, -0.25) is 9.59 Å². The van der Waals surface area contributed by atoms with Crippen molar-refractivity contribution in [1.29, 1.82) is 0 Å². The Hall–Kier alpha value is -1.06. The first-order valence-corrected chi connectivity index (χ1v) is 5.45. The summed E-state index contributed by atoms with van der Waals surface area (Å²) in [4.78, 5) is 22.8. The van der Waals surface area contributed by atoms with Crippen molar-refractivity contribution in [3.05, 3.63) is 0 Å². The molecule has 0 aliphatic rings. The Labute approximate surface area is 90.6 Å². The number of carboxylic acids is 1. The van der Waals surface area contributed by atoms with Gasteiger partial charge in [0, 0.05) is 0 Å². The number of esters is 1. The highest BCUT2D eigenvalue weighted by Gasteiger charge is 2.45. The zero-order chi connectivity index (χ0) is 11.9. The van der Waals surface area contributed by atoms with Crippen molar-refractivity contribution in [3.8, 4) is 0 Å². The third kappa shape index (κ3) is 3.22. The molecule has 15 heavy (non-hydrogen) atoms. The fraction of sp³-hybridized carbons (Fsp3) is 0.818. The van der Waals surface area contributed by atoms with E-state index in [2.05, 4.69) is 0 Å². The van der Waals surface area contributed by atoms with E-state index >= 15 is 0 Å². The van der Waals surface area contributed by atoms with Crippen LogP contribution in [0.2, 0.25) is 0 Å². The lowest BCUT2D eigenvalue weighted by atomic mass is 9.80. The molecule has 0 heterocycles. The molecule has 0 saturated carbocycles. The van der Waals surface area contributed by atoms with Crippen LogP contribution in [-0.4, -0.2) is 23.7 Å². The van der Waals surface area contributed by atoms with Crippen LogP contribution in [0.3, 0.4) is 0 Å². The van der Waals surface area contributed by atoms with Gasteiger partial charge in [0.1, 0.15) is 0 Å². The highest BCUT2D eigenvalue weighted by atomic mass is 16.5. The lowest BCUT2D eigenvalue weighted by Gasteiger charge is -2.25. The smallest absolute Gasteiger partial charge is 0.323 e. The normalized spacial score (nSPS) is 14.3. The van der Waals surface area contributed by atoms with E-state index in [0.717, 1.165) is 12.8 Å². The molecule has 0 aromatic carbocycles. The van der Waals surface area contributed by atoms with Crippen LogP contribution in [0.15, 0.2) is 0 Å². The Bertz CT molecular complexity index is 225. The fourth-order valence-electron chi connectivity index (χ4n) is 1.52. The quantitative estimate of drug-likeness (QED) is 0.523. The first-order valence-electron chi connectivity index (χ1n) is 5.45. The summed E-state index contributed by atoms with van der Waals surface area (Å²) >= 11 is 0. The highest BCUT2D eigenvalue weighted by Crippen LogP contribution is 2.31. The number of carbonyl (C=O) groups is 2. The van der Waals surface area contributed by atoms with Crippen molar-refractivity contribution in [1.82, 2.24) is 0 Å². The molecule has 0 rings (SSSR count). The first kappa shape index (κ1) is 13.9. The number of ether oxygens (including phenoxy) is 1. The third-order valence-corrected chi connectivity index (χ3v) is 2.64. The minimum atomic E-state index is -1.34. The van der Waals surface area contributed by atoms with Gasteiger partial charge in [0.15, 0.2) is 5.41 Å². The fourth-order valence-corrected chi connectivity index (χ4v) is 1.52. The van der Waals surface area contributed by atoms with Gasteiger partial charge in [-0.2, -0.15) is 0 Å². The maximum absolute atomic E-state index is 11.6. The van der Waals surface area contributed by atoms with E-state index in [4.69, 9.17) is 9.84 Å². The van der Waals surface area contributed by atoms with Crippen LogP contribution in [-0.2, 0) is 14.3 Å². The molecule has 0 radical (unpaired) electrons. The van der Waals surface area contributed by atoms with Crippen molar-refractivity contribution in [2.24, 2.45) is 5.41 Å². The van der Waals surface area contributed by atoms with Gasteiger partial charge in [0.05, 0.1) is 6.61 Å². The molecular formula is C11H20O4. The van der Waals surface area contributed by atoms with Gasteiger partial charge < -0.3 is 9.84 Å². The summed E-state index contributed by atoms with van der Waals surface area (Å²) in [5.41, 5.74) is -1.34. The molecule has 1 N–H and O–H groups in total. The maximum Gasteiger partial charge on any atom is 0.323 e. The molecule has 1 unspecified atom stereocenters. The zero-order valence-corrected chi connectivity index (χ0v) is 9.71. The van der Waals surface area contributed by atoms with Gasteiger partial charge in [-0.1, -0.05) is 26.7 Å². The molecule has 0 aliphatic carbocycles. The number of rotatable bonds is 7. The van der Waals surface area contributed by atoms with E-state index in [1.54, 1.807) is 13.8 Å². The summed E-state index contributed by atoms with van der Waals surface area (Å²) in [6.07, 6.45) is 2.22. The van der Waals surface area contributed by atoms with E-state index in [9.17, 15) is 9.59 Å². The third-order valence-electron chi connectivity index (χ3n) is 2.64. The lowest BCUT2D eigenvalue weighted by Crippen LogP contribution is -2.40. The van der Waals surface area contributed by atoms with Crippen molar-refractivity contribution in [2.45, 2.75) is 46.5 Å². The average molecular weight is 216 g/mol. The van der Waals surface area contributed by atoms with Crippen LogP contribution >= 0.6 is 0 Å². The summed E-state index contributed by atoms with van der Waals surface area (Å²) in [7, 11) is 0. The second-order valence-electron chi connectivity index (χ2n) is 3.56. The van der Waals surface area contributed by atoms with Crippen LogP contribution in [0.4, 0.5) is 0 Å². The Morgan fingerprint density at radius 2 is 1.87 bits per heavy atom. The molecule has 0 aliphatic heterocycles. The van der Waals surface area contributed by atoms with Crippen LogP contribution in [0, 0.1) is 5.41 Å². The van der Waals surface area contributed by atoms with Crippen molar-refractivity contribution in [3.63, 3.8) is 0 Å². The topological polar surface area (TPSA) is 63.6 Å². The van der Waals surface area contributed by atoms with E-state index < -0.39 is 17.4 Å². The van der Waals surface area contributed by atoms with E-state index in [-0.39, 0.29) is 13.0 Å². The molecule has 0 aromatic rings. The summed E-state index contributed by atoms with van der Waals surface area (Å²) in [6, 6.07) is 0. The molecule has 88 valence electrons. The largest absolute Gasteiger partial charge is 0.480 e. The van der Waals surface area contributed by atoms with Crippen molar-refractivity contribution >= 4 is 11.9 Å². The number of unbranched alkanes of at least 4 members (excludes halogenated alkanes) is 1. The SMILES string of the molecule is CCCCC(CC)(C(=O)O)C(=O)OCC. The number of hydrogen-bond donors (Lipinski definition) is 1. The van der Waals surface area contributed by atoms with Crippen LogP contribution in [0.25, 0.3) is 0 Å². The Balaban J connectivity index is 4.79. The predicted octanol–water partition coefficient (Wildman–Crippen LogP) is 2.22. The molecule has 4 heteroatoms. The average Bonchev–Trinajstić information content (AvgIpc) is 2.19. The first-order chi connectivity index (χ1) is 7.05. The van der Waals surface area contributed by atoms with Crippen LogP contribution in [0.1, 0.15) is 46.5 Å².